The predicted molar refractivity (Wildman–Crippen MR) is 118 cm³/mol. The molecule has 3 aromatic rings. The fourth-order valence-electron chi connectivity index (χ4n) is 5.43. The van der Waals surface area contributed by atoms with Crippen molar-refractivity contribution in [2.24, 2.45) is 5.92 Å². The number of nitrogens with two attached hydrogens (primary N) is 1. The number of nitrogen functional groups attached to an aromatic ring is 1. The average molecular weight is 421 g/mol. The summed E-state index contributed by atoms with van der Waals surface area (Å²) < 4.78 is 8.26. The zero-order chi connectivity index (χ0) is 20.9. The standard InChI is InChI=1S/C22H28N8O/c1-13(14-4-2-3-5-14)30-12-26-20-19(17-8-25-18(23)9-24-17)27-22(28-21(20)30)29-10-15-6-7-16(11-29)31-15/h8-9,12-16H,2-7,10-11H2,1H3,(H2,23,25). The van der Waals surface area contributed by atoms with E-state index in [4.69, 9.17) is 25.4 Å². The number of hydrogen-bond donors (Lipinski definition) is 1. The number of rotatable bonds is 4. The van der Waals surface area contributed by atoms with Gasteiger partial charge < -0.3 is 19.9 Å². The number of morpholine rings is 1. The van der Waals surface area contributed by atoms with Crippen molar-refractivity contribution in [1.82, 2.24) is 29.5 Å². The fourth-order valence-corrected chi connectivity index (χ4v) is 5.43. The Morgan fingerprint density at radius 2 is 1.77 bits per heavy atom. The van der Waals surface area contributed by atoms with E-state index < -0.39 is 0 Å². The normalized spacial score (nSPS) is 24.9. The molecule has 2 saturated heterocycles. The molecule has 2 N–H and O–H groups in total. The second kappa shape index (κ2) is 7.40. The quantitative estimate of drug-likeness (QED) is 0.686. The van der Waals surface area contributed by atoms with E-state index in [-0.39, 0.29) is 12.2 Å². The molecule has 3 atom stereocenters. The molecule has 0 radical (unpaired) electrons. The van der Waals surface area contributed by atoms with Crippen molar-refractivity contribution in [3.8, 4) is 11.4 Å². The Bertz CT molecular complexity index is 1080. The van der Waals surface area contributed by atoms with Gasteiger partial charge in [-0.3, -0.25) is 0 Å². The van der Waals surface area contributed by atoms with Crippen LogP contribution < -0.4 is 10.6 Å². The van der Waals surface area contributed by atoms with Gasteiger partial charge in [-0.25, -0.2) is 19.9 Å². The molecule has 9 nitrogen and oxygen atoms in total. The van der Waals surface area contributed by atoms with Gasteiger partial charge in [0.25, 0.3) is 0 Å². The van der Waals surface area contributed by atoms with Crippen LogP contribution in [0.25, 0.3) is 22.6 Å². The summed E-state index contributed by atoms with van der Waals surface area (Å²) in [5.41, 5.74) is 8.78. The van der Waals surface area contributed by atoms with Gasteiger partial charge in [-0.15, -0.1) is 0 Å². The minimum atomic E-state index is 0.264. The van der Waals surface area contributed by atoms with Gasteiger partial charge in [0.2, 0.25) is 5.95 Å². The lowest BCUT2D eigenvalue weighted by Crippen LogP contribution is -2.43. The SMILES string of the molecule is CC(C1CCCC1)n1cnc2c(-c3cnc(N)cn3)nc(N3CC4CCC(C3)O4)nc21. The van der Waals surface area contributed by atoms with Crippen molar-refractivity contribution in [2.75, 3.05) is 23.7 Å². The third kappa shape index (κ3) is 3.31. The Morgan fingerprint density at radius 1 is 1.00 bits per heavy atom. The zero-order valence-electron chi connectivity index (χ0n) is 17.8. The van der Waals surface area contributed by atoms with E-state index in [9.17, 15) is 0 Å². The van der Waals surface area contributed by atoms with Crippen molar-refractivity contribution in [2.45, 2.75) is 63.7 Å². The average Bonchev–Trinajstić information content (AvgIpc) is 3.53. The van der Waals surface area contributed by atoms with Gasteiger partial charge in [0.15, 0.2) is 5.65 Å². The highest BCUT2D eigenvalue weighted by Gasteiger charge is 2.35. The molecule has 31 heavy (non-hydrogen) atoms. The highest BCUT2D eigenvalue weighted by atomic mass is 16.5. The smallest absolute Gasteiger partial charge is 0.228 e. The van der Waals surface area contributed by atoms with Crippen LogP contribution in [0.5, 0.6) is 0 Å². The van der Waals surface area contributed by atoms with Crippen LogP contribution in [-0.4, -0.2) is 54.8 Å². The first kappa shape index (κ1) is 18.9. The Hall–Kier alpha value is -2.81. The summed E-state index contributed by atoms with van der Waals surface area (Å²) in [5, 5.41) is 0. The molecule has 2 aliphatic heterocycles. The second-order valence-corrected chi connectivity index (χ2v) is 9.17. The lowest BCUT2D eigenvalue weighted by molar-refractivity contribution is 0.0299. The first-order chi connectivity index (χ1) is 15.2. The fraction of sp³-hybridized carbons (Fsp3) is 0.591. The lowest BCUT2D eigenvalue weighted by Gasteiger charge is -2.32. The molecule has 6 rings (SSSR count). The molecule has 162 valence electrons. The van der Waals surface area contributed by atoms with Crippen LogP contribution in [0.3, 0.4) is 0 Å². The molecule has 3 aliphatic rings. The van der Waals surface area contributed by atoms with E-state index in [0.29, 0.717) is 29.2 Å². The van der Waals surface area contributed by atoms with E-state index in [0.717, 1.165) is 43.0 Å². The number of imidazole rings is 1. The molecular weight excluding hydrogens is 392 g/mol. The first-order valence-electron chi connectivity index (χ1n) is 11.4. The molecule has 0 aromatic carbocycles. The number of nitrogens with zero attached hydrogens (tertiary/aromatic N) is 7. The minimum absolute atomic E-state index is 0.264. The molecule has 0 spiro atoms. The molecule has 1 saturated carbocycles. The van der Waals surface area contributed by atoms with E-state index >= 15 is 0 Å². The molecule has 3 aromatic heterocycles. The summed E-state index contributed by atoms with van der Waals surface area (Å²) in [6, 6.07) is 0.349. The van der Waals surface area contributed by atoms with Gasteiger partial charge in [-0.05, 0) is 38.5 Å². The zero-order valence-corrected chi connectivity index (χ0v) is 17.8. The summed E-state index contributed by atoms with van der Waals surface area (Å²) in [5.74, 6) is 1.77. The number of ether oxygens (including phenoxy) is 1. The molecular formula is C22H28N8O. The van der Waals surface area contributed by atoms with Crippen molar-refractivity contribution in [3.05, 3.63) is 18.7 Å². The molecule has 3 fully saturated rings. The summed E-state index contributed by atoms with van der Waals surface area (Å²) in [6.07, 6.45) is 13.1. The molecule has 5 heterocycles. The van der Waals surface area contributed by atoms with E-state index in [2.05, 4.69) is 26.4 Å². The monoisotopic (exact) mass is 420 g/mol. The van der Waals surface area contributed by atoms with Crippen LogP contribution in [0.1, 0.15) is 51.5 Å². The maximum Gasteiger partial charge on any atom is 0.228 e. The van der Waals surface area contributed by atoms with Crippen LogP contribution in [-0.2, 0) is 4.74 Å². The molecule has 3 unspecified atom stereocenters. The molecule has 9 heteroatoms. The van der Waals surface area contributed by atoms with Crippen LogP contribution >= 0.6 is 0 Å². The second-order valence-electron chi connectivity index (χ2n) is 9.17. The van der Waals surface area contributed by atoms with E-state index in [1.807, 2.05) is 6.33 Å². The maximum absolute atomic E-state index is 6.03. The van der Waals surface area contributed by atoms with Crippen LogP contribution in [0.4, 0.5) is 11.8 Å². The number of anilines is 2. The van der Waals surface area contributed by atoms with Crippen molar-refractivity contribution in [1.29, 1.82) is 0 Å². The third-order valence-electron chi connectivity index (χ3n) is 7.17. The van der Waals surface area contributed by atoms with Crippen molar-refractivity contribution in [3.63, 3.8) is 0 Å². The van der Waals surface area contributed by atoms with Gasteiger partial charge in [-0.2, -0.15) is 4.98 Å². The number of hydrogen-bond acceptors (Lipinski definition) is 8. The number of fused-ring (bicyclic) bond motifs is 3. The predicted octanol–water partition coefficient (Wildman–Crippen LogP) is 2.98. The van der Waals surface area contributed by atoms with Crippen molar-refractivity contribution >= 4 is 22.9 Å². The number of aromatic nitrogens is 6. The first-order valence-corrected chi connectivity index (χ1v) is 11.4. The minimum Gasteiger partial charge on any atom is -0.382 e. The Labute approximate surface area is 181 Å². The largest absolute Gasteiger partial charge is 0.382 e. The topological polar surface area (TPSA) is 108 Å². The van der Waals surface area contributed by atoms with Crippen LogP contribution in [0.2, 0.25) is 0 Å². The molecule has 1 aliphatic carbocycles. The summed E-state index contributed by atoms with van der Waals surface area (Å²) >= 11 is 0. The van der Waals surface area contributed by atoms with Gasteiger partial charge in [0, 0.05) is 19.1 Å². The van der Waals surface area contributed by atoms with E-state index in [1.165, 1.54) is 25.7 Å². The highest BCUT2D eigenvalue weighted by Crippen LogP contribution is 2.37. The Kier molecular flexibility index (Phi) is 4.52. The summed E-state index contributed by atoms with van der Waals surface area (Å²) in [7, 11) is 0. The van der Waals surface area contributed by atoms with Gasteiger partial charge in [0.1, 0.15) is 22.7 Å². The third-order valence-corrected chi connectivity index (χ3v) is 7.17. The van der Waals surface area contributed by atoms with Crippen LogP contribution in [0.15, 0.2) is 18.7 Å². The van der Waals surface area contributed by atoms with Gasteiger partial charge >= 0.3 is 0 Å². The molecule has 0 amide bonds. The van der Waals surface area contributed by atoms with E-state index in [1.54, 1.807) is 12.4 Å². The Morgan fingerprint density at radius 3 is 2.48 bits per heavy atom. The van der Waals surface area contributed by atoms with Gasteiger partial charge in [-0.1, -0.05) is 12.8 Å². The Balaban J connectivity index is 1.48. The maximum atomic E-state index is 6.03. The van der Waals surface area contributed by atoms with Gasteiger partial charge in [0.05, 0.1) is 30.9 Å². The highest BCUT2D eigenvalue weighted by molar-refractivity contribution is 5.87. The summed E-state index contributed by atoms with van der Waals surface area (Å²) in [6.45, 7) is 3.93. The summed E-state index contributed by atoms with van der Waals surface area (Å²) in [4.78, 5) is 25.7. The lowest BCUT2D eigenvalue weighted by atomic mass is 10.00. The van der Waals surface area contributed by atoms with Crippen molar-refractivity contribution < 1.29 is 4.74 Å². The van der Waals surface area contributed by atoms with Crippen LogP contribution in [0, 0.1) is 5.92 Å². The molecule has 2 bridgehead atoms.